The first kappa shape index (κ1) is 25.0. The minimum Gasteiger partial charge on any atom is -0.458 e. The van der Waals surface area contributed by atoms with E-state index in [0.29, 0.717) is 51.1 Å². The number of rotatable bonds is 5. The van der Waals surface area contributed by atoms with Gasteiger partial charge in [-0.1, -0.05) is 52.8 Å². The first-order chi connectivity index (χ1) is 17.2. The maximum absolute atomic E-state index is 12.9. The van der Waals surface area contributed by atoms with E-state index in [1.807, 2.05) is 37.4 Å². The van der Waals surface area contributed by atoms with E-state index in [1.54, 1.807) is 0 Å². The molecule has 0 radical (unpaired) electrons. The number of fused-ring (bicyclic) bond motifs is 2. The molecule has 198 valence electrons. The molecule has 3 heteroatoms. The van der Waals surface area contributed by atoms with Crippen molar-refractivity contribution in [1.82, 2.24) is 0 Å². The zero-order valence-corrected chi connectivity index (χ0v) is 23.5. The van der Waals surface area contributed by atoms with Crippen molar-refractivity contribution in [2.45, 2.75) is 105 Å². The monoisotopic (exact) mass is 492 g/mol. The summed E-state index contributed by atoms with van der Waals surface area (Å²) in [7, 11) is 1.94. The standard InChI is InChI=1S/C33H48O3/c1-7-25(35-6)28-21(2)19-31(5)27-14-13-24-22(3)26(36-29(34)23-11-9-8-10-12-23)15-16-32(24)20-33(27,32)18-17-30(28,31)4/h8-12,21-22,24-28H,7,13-20H2,1-6H3/t21?,22?,24?,25?,26?,27?,28?,30?,31-,32+,33?/m0/s1. The van der Waals surface area contributed by atoms with E-state index in [9.17, 15) is 4.79 Å². The molecule has 3 nitrogen and oxygen atoms in total. The van der Waals surface area contributed by atoms with Crippen LogP contribution < -0.4 is 0 Å². The molecule has 5 saturated carbocycles. The van der Waals surface area contributed by atoms with Crippen molar-refractivity contribution in [2.24, 2.45) is 51.2 Å². The van der Waals surface area contributed by atoms with Gasteiger partial charge in [0.1, 0.15) is 6.10 Å². The number of carbonyl (C=O) groups excluding carboxylic acids is 1. The fourth-order valence-electron chi connectivity index (χ4n) is 11.8. The van der Waals surface area contributed by atoms with Crippen LogP contribution in [-0.2, 0) is 9.47 Å². The minimum absolute atomic E-state index is 0.0647. The van der Waals surface area contributed by atoms with Gasteiger partial charge in [-0.2, -0.15) is 0 Å². The third-order valence-electron chi connectivity index (χ3n) is 13.4. The summed E-state index contributed by atoms with van der Waals surface area (Å²) in [6.45, 7) is 12.6. The first-order valence-corrected chi connectivity index (χ1v) is 15.0. The molecule has 0 N–H and O–H groups in total. The summed E-state index contributed by atoms with van der Waals surface area (Å²) in [6, 6.07) is 9.55. The summed E-state index contributed by atoms with van der Waals surface area (Å²) in [5.74, 6) is 3.28. The number of benzene rings is 1. The van der Waals surface area contributed by atoms with Crippen LogP contribution in [0.3, 0.4) is 0 Å². The van der Waals surface area contributed by atoms with E-state index in [0.717, 1.165) is 24.7 Å². The zero-order chi connectivity index (χ0) is 25.5. The molecule has 5 fully saturated rings. The molecular formula is C33H48O3. The molecular weight excluding hydrogens is 444 g/mol. The predicted molar refractivity (Wildman–Crippen MR) is 144 cm³/mol. The highest BCUT2D eigenvalue weighted by atomic mass is 16.5. The molecule has 5 aliphatic rings. The maximum atomic E-state index is 12.9. The Balaban J connectivity index is 1.24. The second kappa shape index (κ2) is 8.32. The van der Waals surface area contributed by atoms with E-state index < -0.39 is 0 Å². The van der Waals surface area contributed by atoms with Gasteiger partial charge < -0.3 is 9.47 Å². The molecule has 1 aromatic rings. The van der Waals surface area contributed by atoms with Gasteiger partial charge in [0.25, 0.3) is 0 Å². The zero-order valence-electron chi connectivity index (χ0n) is 23.5. The SMILES string of the molecule is CCC(OC)C1C(C)C[C@@]2(C)C3CCC4C(C)C(OC(=O)c5ccccc5)CC[C@@]45CC35CCC12C. The van der Waals surface area contributed by atoms with Crippen LogP contribution in [0.1, 0.15) is 103 Å². The lowest BCUT2D eigenvalue weighted by atomic mass is 9.43. The summed E-state index contributed by atoms with van der Waals surface area (Å²) in [5, 5.41) is 0. The van der Waals surface area contributed by atoms with Crippen molar-refractivity contribution >= 4 is 5.97 Å². The number of hydrogen-bond donors (Lipinski definition) is 0. The van der Waals surface area contributed by atoms with Gasteiger partial charge in [-0.05, 0) is 121 Å². The molecule has 36 heavy (non-hydrogen) atoms. The van der Waals surface area contributed by atoms with Crippen molar-refractivity contribution in [3.05, 3.63) is 35.9 Å². The highest BCUT2D eigenvalue weighted by Gasteiger charge is 2.81. The van der Waals surface area contributed by atoms with Crippen LogP contribution in [-0.4, -0.2) is 25.3 Å². The topological polar surface area (TPSA) is 35.5 Å². The third-order valence-corrected chi connectivity index (χ3v) is 13.4. The largest absolute Gasteiger partial charge is 0.458 e. The summed E-state index contributed by atoms with van der Waals surface area (Å²) in [4.78, 5) is 12.9. The average molecular weight is 493 g/mol. The van der Waals surface area contributed by atoms with Crippen LogP contribution >= 0.6 is 0 Å². The van der Waals surface area contributed by atoms with Crippen molar-refractivity contribution < 1.29 is 14.3 Å². The van der Waals surface area contributed by atoms with Crippen LogP contribution in [0.2, 0.25) is 0 Å². The number of methoxy groups -OCH3 is 1. The first-order valence-electron chi connectivity index (χ1n) is 15.0. The highest BCUT2D eigenvalue weighted by Crippen LogP contribution is 2.88. The van der Waals surface area contributed by atoms with Crippen LogP contribution in [0, 0.1) is 51.2 Å². The van der Waals surface area contributed by atoms with Crippen LogP contribution in [0.15, 0.2) is 30.3 Å². The second-order valence-corrected chi connectivity index (χ2v) is 14.2. The summed E-state index contributed by atoms with van der Waals surface area (Å²) >= 11 is 0. The fourth-order valence-corrected chi connectivity index (χ4v) is 11.8. The molecule has 0 aliphatic heterocycles. The molecule has 6 rings (SSSR count). The Morgan fingerprint density at radius 2 is 1.75 bits per heavy atom. The Hall–Kier alpha value is -1.35. The van der Waals surface area contributed by atoms with Crippen LogP contribution in [0.5, 0.6) is 0 Å². The molecule has 0 heterocycles. The van der Waals surface area contributed by atoms with Gasteiger partial charge in [0.2, 0.25) is 0 Å². The van der Waals surface area contributed by atoms with Crippen molar-refractivity contribution in [1.29, 1.82) is 0 Å². The summed E-state index contributed by atoms with van der Waals surface area (Å²) in [5.41, 5.74) is 2.51. The van der Waals surface area contributed by atoms with Gasteiger partial charge in [0.05, 0.1) is 11.7 Å². The Bertz CT molecular complexity index is 1000. The molecule has 9 unspecified atom stereocenters. The quantitative estimate of drug-likeness (QED) is 0.391. The average Bonchev–Trinajstić information content (AvgIpc) is 3.49. The molecule has 0 bridgehead atoms. The van der Waals surface area contributed by atoms with Gasteiger partial charge >= 0.3 is 5.97 Å². The van der Waals surface area contributed by atoms with Crippen molar-refractivity contribution in [2.75, 3.05) is 7.11 Å². The Morgan fingerprint density at radius 1 is 1.00 bits per heavy atom. The normalized spacial score (nSPS) is 49.7. The Labute approximate surface area is 219 Å². The highest BCUT2D eigenvalue weighted by molar-refractivity contribution is 5.89. The number of ether oxygens (including phenoxy) is 2. The van der Waals surface area contributed by atoms with Crippen molar-refractivity contribution in [3.63, 3.8) is 0 Å². The maximum Gasteiger partial charge on any atom is 0.338 e. The number of carbonyl (C=O) groups is 1. The molecule has 0 amide bonds. The third kappa shape index (κ3) is 3.04. The molecule has 1 aromatic carbocycles. The molecule has 11 atom stereocenters. The smallest absolute Gasteiger partial charge is 0.338 e. The lowest BCUT2D eigenvalue weighted by Gasteiger charge is -2.62. The van der Waals surface area contributed by atoms with E-state index in [1.165, 1.54) is 44.9 Å². The Kier molecular flexibility index (Phi) is 5.77. The lowest BCUT2D eigenvalue weighted by Crippen LogP contribution is -2.56. The minimum atomic E-state index is -0.141. The van der Waals surface area contributed by atoms with E-state index in [-0.39, 0.29) is 12.1 Å². The second-order valence-electron chi connectivity index (χ2n) is 14.2. The van der Waals surface area contributed by atoms with Gasteiger partial charge in [-0.3, -0.25) is 0 Å². The van der Waals surface area contributed by atoms with E-state index in [4.69, 9.17) is 9.47 Å². The van der Waals surface area contributed by atoms with Gasteiger partial charge in [0.15, 0.2) is 0 Å². The molecule has 2 spiro atoms. The number of esters is 1. The molecule has 0 saturated heterocycles. The van der Waals surface area contributed by atoms with E-state index in [2.05, 4.69) is 34.6 Å². The van der Waals surface area contributed by atoms with Gasteiger partial charge in [0, 0.05) is 7.11 Å². The summed E-state index contributed by atoms with van der Waals surface area (Å²) in [6.07, 6.45) is 12.1. The van der Waals surface area contributed by atoms with Gasteiger partial charge in [-0.25, -0.2) is 4.79 Å². The van der Waals surface area contributed by atoms with Crippen LogP contribution in [0.25, 0.3) is 0 Å². The molecule has 0 aromatic heterocycles. The summed E-state index contributed by atoms with van der Waals surface area (Å²) < 4.78 is 12.3. The Morgan fingerprint density at radius 3 is 2.44 bits per heavy atom. The number of hydrogen-bond acceptors (Lipinski definition) is 3. The fraction of sp³-hybridized carbons (Fsp3) is 0.788. The molecule has 5 aliphatic carbocycles. The van der Waals surface area contributed by atoms with Crippen LogP contribution in [0.4, 0.5) is 0 Å². The van der Waals surface area contributed by atoms with Crippen molar-refractivity contribution in [3.8, 4) is 0 Å². The van der Waals surface area contributed by atoms with E-state index >= 15 is 0 Å². The lowest BCUT2D eigenvalue weighted by molar-refractivity contribution is -0.151. The predicted octanol–water partition coefficient (Wildman–Crippen LogP) is 7.93. The van der Waals surface area contributed by atoms with Gasteiger partial charge in [-0.15, -0.1) is 0 Å².